The maximum atomic E-state index is 13.4. The molecule has 1 fully saturated rings. The van der Waals surface area contributed by atoms with Crippen LogP contribution in [0.25, 0.3) is 16.0 Å². The van der Waals surface area contributed by atoms with Gasteiger partial charge in [-0.2, -0.15) is 0 Å². The second kappa shape index (κ2) is 8.75. The topological polar surface area (TPSA) is 63.8 Å². The van der Waals surface area contributed by atoms with Gasteiger partial charge < -0.3 is 19.5 Å². The van der Waals surface area contributed by atoms with Gasteiger partial charge in [0.15, 0.2) is 0 Å². The molecule has 172 valence electrons. The molecule has 1 aromatic heterocycles. The van der Waals surface area contributed by atoms with E-state index in [0.29, 0.717) is 36.8 Å². The number of hydrogen-bond donors (Lipinski definition) is 1. The minimum absolute atomic E-state index is 0.0774. The third-order valence-corrected chi connectivity index (χ3v) is 6.60. The predicted octanol–water partition coefficient (Wildman–Crippen LogP) is 5.15. The minimum Gasteiger partial charge on any atom is -0.468 e. The quantitative estimate of drug-likeness (QED) is 0.368. The molecule has 1 amide bonds. The van der Waals surface area contributed by atoms with Crippen LogP contribution in [-0.2, 0) is 17.9 Å². The number of carbonyl (C=O) groups excluding carboxylic acids is 1. The van der Waals surface area contributed by atoms with Crippen molar-refractivity contribution in [2.45, 2.75) is 25.6 Å². The number of ether oxygens (including phenoxy) is 1. The molecule has 0 radical (unpaired) electrons. The Labute approximate surface area is 203 Å². The molecular weight excluding hydrogens is 438 g/mol. The molecular formula is C28H23N5O2. The number of benzene rings is 3. The molecule has 35 heavy (non-hydrogen) atoms. The molecule has 3 aromatic carbocycles. The fourth-order valence-corrected chi connectivity index (χ4v) is 4.81. The van der Waals surface area contributed by atoms with Crippen LogP contribution in [0.2, 0.25) is 0 Å². The van der Waals surface area contributed by atoms with Gasteiger partial charge in [0.1, 0.15) is 11.5 Å². The lowest BCUT2D eigenvalue weighted by Gasteiger charge is -2.21. The molecule has 0 spiro atoms. The zero-order valence-electron chi connectivity index (χ0n) is 19.0. The van der Waals surface area contributed by atoms with E-state index in [-0.39, 0.29) is 11.9 Å². The number of amides is 1. The highest BCUT2D eigenvalue weighted by molar-refractivity contribution is 6.02. The van der Waals surface area contributed by atoms with Crippen molar-refractivity contribution in [1.29, 1.82) is 0 Å². The molecule has 6 bridgehead atoms. The smallest absolute Gasteiger partial charge is 0.244 e. The zero-order chi connectivity index (χ0) is 23.8. The summed E-state index contributed by atoms with van der Waals surface area (Å²) < 4.78 is 8.29. The van der Waals surface area contributed by atoms with E-state index in [1.54, 1.807) is 12.4 Å². The average molecular weight is 462 g/mol. The summed E-state index contributed by atoms with van der Waals surface area (Å²) in [5.74, 6) is 1.23. The predicted molar refractivity (Wildman–Crippen MR) is 134 cm³/mol. The van der Waals surface area contributed by atoms with Crippen LogP contribution in [0.5, 0.6) is 11.5 Å². The van der Waals surface area contributed by atoms with E-state index < -0.39 is 0 Å². The molecule has 2 aliphatic rings. The van der Waals surface area contributed by atoms with Crippen molar-refractivity contribution in [2.75, 3.05) is 11.4 Å². The van der Waals surface area contributed by atoms with E-state index >= 15 is 0 Å². The van der Waals surface area contributed by atoms with E-state index in [9.17, 15) is 4.79 Å². The maximum Gasteiger partial charge on any atom is 0.244 e. The van der Waals surface area contributed by atoms with E-state index in [4.69, 9.17) is 11.3 Å². The van der Waals surface area contributed by atoms with Crippen LogP contribution in [0.15, 0.2) is 79.3 Å². The number of carbonyl (C=O) groups is 1. The van der Waals surface area contributed by atoms with Crippen LogP contribution < -0.4 is 15.0 Å². The molecule has 1 saturated heterocycles. The van der Waals surface area contributed by atoms with E-state index in [1.165, 1.54) is 0 Å². The number of nitrogens with one attached hydrogen (secondary N) is 1. The Bertz CT molecular complexity index is 1470. The third kappa shape index (κ3) is 3.94. The van der Waals surface area contributed by atoms with Crippen molar-refractivity contribution in [2.24, 2.45) is 0 Å². The summed E-state index contributed by atoms with van der Waals surface area (Å²) in [6, 6.07) is 21.2. The summed E-state index contributed by atoms with van der Waals surface area (Å²) in [7, 11) is 0. The summed E-state index contributed by atoms with van der Waals surface area (Å²) in [6.45, 7) is 9.37. The van der Waals surface area contributed by atoms with E-state index in [0.717, 1.165) is 34.5 Å². The highest BCUT2D eigenvalue weighted by Crippen LogP contribution is 2.38. The van der Waals surface area contributed by atoms with E-state index in [1.807, 2.05) is 71.8 Å². The molecule has 4 aromatic rings. The van der Waals surface area contributed by atoms with Gasteiger partial charge in [-0.05, 0) is 41.8 Å². The number of hydrogen-bond acceptors (Lipinski definition) is 4. The molecule has 7 heteroatoms. The average Bonchev–Trinajstić information content (AvgIpc) is 3.48. The normalized spacial score (nSPS) is 17.1. The SMILES string of the molecule is [C-]#[N+]c1ccc2cc1Oc1cccc(c1)-c1ccccc1N1CC[C@@H](NCc3cncn3C2)C1=O. The molecule has 0 aliphatic carbocycles. The number of fused-ring (bicyclic) bond motifs is 10. The second-order valence-electron chi connectivity index (χ2n) is 8.79. The highest BCUT2D eigenvalue weighted by atomic mass is 16.5. The summed E-state index contributed by atoms with van der Waals surface area (Å²) in [6.07, 6.45) is 4.35. The van der Waals surface area contributed by atoms with Gasteiger partial charge in [-0.1, -0.05) is 42.5 Å². The Morgan fingerprint density at radius 2 is 2.00 bits per heavy atom. The van der Waals surface area contributed by atoms with Gasteiger partial charge in [0.05, 0.1) is 30.3 Å². The fourth-order valence-electron chi connectivity index (χ4n) is 4.81. The molecule has 0 unspecified atom stereocenters. The first-order valence-electron chi connectivity index (χ1n) is 11.6. The van der Waals surface area contributed by atoms with Crippen LogP contribution in [-0.4, -0.2) is 28.0 Å². The number of rotatable bonds is 0. The van der Waals surface area contributed by atoms with E-state index in [2.05, 4.69) is 19.7 Å². The van der Waals surface area contributed by atoms with Crippen LogP contribution in [0.3, 0.4) is 0 Å². The van der Waals surface area contributed by atoms with Crippen molar-refractivity contribution in [3.63, 3.8) is 0 Å². The number of aromatic nitrogens is 2. The molecule has 1 N–H and O–H groups in total. The van der Waals surface area contributed by atoms with Crippen molar-refractivity contribution in [3.8, 4) is 22.6 Å². The standard InChI is InChI=1S/C28H23N5O2/c1-29-24-10-9-19-13-27(24)35-22-6-4-5-20(14-22)23-7-2-3-8-26(23)33-12-11-25(28(33)34)31-16-21-15-30-18-32(21)17-19/h2-10,13-15,18,25,31H,11-12,16-17H2/t25-/m1/s1. The first kappa shape index (κ1) is 21.1. The van der Waals surface area contributed by atoms with Gasteiger partial charge in [-0.3, -0.25) is 4.79 Å². The lowest BCUT2D eigenvalue weighted by molar-refractivity contribution is -0.118. The van der Waals surface area contributed by atoms with Crippen molar-refractivity contribution in [3.05, 3.63) is 102 Å². The minimum atomic E-state index is -0.249. The van der Waals surface area contributed by atoms with Crippen LogP contribution >= 0.6 is 0 Å². The lowest BCUT2D eigenvalue weighted by atomic mass is 10.0. The number of para-hydroxylation sites is 1. The van der Waals surface area contributed by atoms with Crippen molar-refractivity contribution < 1.29 is 9.53 Å². The highest BCUT2D eigenvalue weighted by Gasteiger charge is 2.33. The largest absolute Gasteiger partial charge is 0.468 e. The van der Waals surface area contributed by atoms with Gasteiger partial charge in [0, 0.05) is 31.4 Å². The van der Waals surface area contributed by atoms with Gasteiger partial charge in [0.25, 0.3) is 0 Å². The lowest BCUT2D eigenvalue weighted by Crippen LogP contribution is -2.38. The molecule has 0 saturated carbocycles. The Balaban J connectivity index is 1.48. The Hall–Kier alpha value is -4.41. The summed E-state index contributed by atoms with van der Waals surface area (Å²) in [5.41, 5.74) is 5.25. The summed E-state index contributed by atoms with van der Waals surface area (Å²) in [4.78, 5) is 23.2. The summed E-state index contributed by atoms with van der Waals surface area (Å²) >= 11 is 0. The molecule has 6 rings (SSSR count). The van der Waals surface area contributed by atoms with Crippen molar-refractivity contribution in [1.82, 2.24) is 14.9 Å². The first-order chi connectivity index (χ1) is 17.2. The molecule has 3 heterocycles. The monoisotopic (exact) mass is 461 g/mol. The Morgan fingerprint density at radius 3 is 2.91 bits per heavy atom. The van der Waals surface area contributed by atoms with Gasteiger partial charge in [-0.15, -0.1) is 0 Å². The van der Waals surface area contributed by atoms with Crippen LogP contribution in [0.4, 0.5) is 11.4 Å². The van der Waals surface area contributed by atoms with Gasteiger partial charge >= 0.3 is 0 Å². The summed E-state index contributed by atoms with van der Waals surface area (Å²) in [5, 5.41) is 3.44. The molecule has 1 atom stereocenters. The zero-order valence-corrected chi connectivity index (χ0v) is 19.0. The molecule has 2 aliphatic heterocycles. The number of imidazole rings is 1. The maximum absolute atomic E-state index is 13.4. The van der Waals surface area contributed by atoms with Crippen LogP contribution in [0.1, 0.15) is 17.7 Å². The van der Waals surface area contributed by atoms with Crippen molar-refractivity contribution >= 4 is 17.3 Å². The third-order valence-electron chi connectivity index (χ3n) is 6.60. The number of anilines is 1. The molecule has 7 nitrogen and oxygen atoms in total. The first-order valence-corrected chi connectivity index (χ1v) is 11.6. The second-order valence-corrected chi connectivity index (χ2v) is 8.79. The fraction of sp³-hybridized carbons (Fsp3) is 0.179. The van der Waals surface area contributed by atoms with Gasteiger partial charge in [-0.25, -0.2) is 9.83 Å². The Kier molecular flexibility index (Phi) is 5.28. The number of nitrogens with zero attached hydrogens (tertiary/aromatic N) is 4. The van der Waals surface area contributed by atoms with Crippen LogP contribution in [0, 0.1) is 6.57 Å². The Morgan fingerprint density at radius 1 is 1.09 bits per heavy atom. The van der Waals surface area contributed by atoms with Gasteiger partial charge in [0.2, 0.25) is 11.6 Å².